The lowest BCUT2D eigenvalue weighted by molar-refractivity contribution is 1.33. The van der Waals surface area contributed by atoms with E-state index in [1.807, 2.05) is 36.4 Å². The van der Waals surface area contributed by atoms with Crippen molar-refractivity contribution in [1.29, 1.82) is 5.41 Å². The SMILES string of the molecule is N=C(N)c1ccccc1CSc1cccc(Br)c1. The van der Waals surface area contributed by atoms with Crippen molar-refractivity contribution >= 4 is 33.5 Å². The van der Waals surface area contributed by atoms with Gasteiger partial charge in [-0.15, -0.1) is 11.8 Å². The predicted octanol–water partition coefficient (Wildman–Crippen LogP) is 4.03. The smallest absolute Gasteiger partial charge is 0.123 e. The van der Waals surface area contributed by atoms with Gasteiger partial charge in [0.1, 0.15) is 5.84 Å². The van der Waals surface area contributed by atoms with E-state index in [1.54, 1.807) is 11.8 Å². The minimum atomic E-state index is 0.125. The molecule has 0 fully saturated rings. The molecule has 0 saturated carbocycles. The summed E-state index contributed by atoms with van der Waals surface area (Å²) in [7, 11) is 0. The highest BCUT2D eigenvalue weighted by Crippen LogP contribution is 2.26. The molecule has 2 nitrogen and oxygen atoms in total. The molecule has 0 heterocycles. The Bertz CT molecular complexity index is 569. The van der Waals surface area contributed by atoms with E-state index in [9.17, 15) is 0 Å². The van der Waals surface area contributed by atoms with Gasteiger partial charge in [0, 0.05) is 20.7 Å². The first-order valence-corrected chi connectivity index (χ1v) is 7.25. The van der Waals surface area contributed by atoms with Gasteiger partial charge in [-0.1, -0.05) is 46.3 Å². The predicted molar refractivity (Wildman–Crippen MR) is 81.2 cm³/mol. The van der Waals surface area contributed by atoms with Gasteiger partial charge in [-0.2, -0.15) is 0 Å². The minimum Gasteiger partial charge on any atom is -0.384 e. The Hall–Kier alpha value is -1.26. The van der Waals surface area contributed by atoms with Crippen LogP contribution >= 0.6 is 27.7 Å². The summed E-state index contributed by atoms with van der Waals surface area (Å²) in [6, 6.07) is 16.0. The minimum absolute atomic E-state index is 0.125. The molecule has 0 bridgehead atoms. The molecule has 4 heteroatoms. The van der Waals surface area contributed by atoms with Crippen molar-refractivity contribution in [3.63, 3.8) is 0 Å². The summed E-state index contributed by atoms with van der Waals surface area (Å²) >= 11 is 5.20. The van der Waals surface area contributed by atoms with Gasteiger partial charge in [0.15, 0.2) is 0 Å². The number of rotatable bonds is 4. The van der Waals surface area contributed by atoms with E-state index in [0.29, 0.717) is 0 Å². The number of nitrogens with two attached hydrogens (primary N) is 1. The molecule has 0 aliphatic carbocycles. The van der Waals surface area contributed by atoms with E-state index < -0.39 is 0 Å². The quantitative estimate of drug-likeness (QED) is 0.507. The molecule has 2 rings (SSSR count). The third-order valence-corrected chi connectivity index (χ3v) is 4.03. The fraction of sp³-hybridized carbons (Fsp3) is 0.0714. The summed E-state index contributed by atoms with van der Waals surface area (Å²) in [5, 5.41) is 7.55. The summed E-state index contributed by atoms with van der Waals surface area (Å²) in [6.07, 6.45) is 0. The molecule has 0 unspecified atom stereocenters. The van der Waals surface area contributed by atoms with E-state index in [0.717, 1.165) is 21.4 Å². The summed E-state index contributed by atoms with van der Waals surface area (Å²) in [5.74, 6) is 0.937. The van der Waals surface area contributed by atoms with Crippen LogP contribution in [0.5, 0.6) is 0 Å². The number of halogens is 1. The van der Waals surface area contributed by atoms with Crippen LogP contribution in [0.2, 0.25) is 0 Å². The van der Waals surface area contributed by atoms with E-state index in [-0.39, 0.29) is 5.84 Å². The summed E-state index contributed by atoms with van der Waals surface area (Å²) < 4.78 is 1.08. The molecular weight excluding hydrogens is 308 g/mol. The first kappa shape index (κ1) is 13.2. The van der Waals surface area contributed by atoms with Crippen LogP contribution in [0.1, 0.15) is 11.1 Å². The van der Waals surface area contributed by atoms with E-state index in [4.69, 9.17) is 11.1 Å². The van der Waals surface area contributed by atoms with Crippen molar-refractivity contribution in [2.45, 2.75) is 10.6 Å². The molecule has 3 N–H and O–H groups in total. The maximum Gasteiger partial charge on any atom is 0.123 e. The summed E-state index contributed by atoms with van der Waals surface area (Å²) in [6.45, 7) is 0. The van der Waals surface area contributed by atoms with Crippen LogP contribution in [-0.2, 0) is 5.75 Å². The maximum atomic E-state index is 7.55. The van der Waals surface area contributed by atoms with Gasteiger partial charge in [-0.25, -0.2) is 0 Å². The molecule has 2 aromatic carbocycles. The molecule has 0 radical (unpaired) electrons. The first-order chi connectivity index (χ1) is 8.66. The number of hydrogen-bond donors (Lipinski definition) is 2. The van der Waals surface area contributed by atoms with Gasteiger partial charge in [-0.05, 0) is 23.8 Å². The van der Waals surface area contributed by atoms with Crippen LogP contribution in [0.25, 0.3) is 0 Å². The molecule has 0 saturated heterocycles. The molecule has 92 valence electrons. The van der Waals surface area contributed by atoms with Crippen molar-refractivity contribution in [2.75, 3.05) is 0 Å². The topological polar surface area (TPSA) is 49.9 Å². The van der Waals surface area contributed by atoms with Gasteiger partial charge >= 0.3 is 0 Å². The second-order valence-electron chi connectivity index (χ2n) is 3.82. The van der Waals surface area contributed by atoms with Gasteiger partial charge in [-0.3, -0.25) is 5.41 Å². The molecule has 0 spiro atoms. The van der Waals surface area contributed by atoms with Crippen molar-refractivity contribution < 1.29 is 0 Å². The van der Waals surface area contributed by atoms with Gasteiger partial charge in [0.05, 0.1) is 0 Å². The molecule has 0 aliphatic heterocycles. The highest BCUT2D eigenvalue weighted by Gasteiger charge is 2.05. The Kier molecular flexibility index (Phi) is 4.44. The van der Waals surface area contributed by atoms with Crippen LogP contribution in [0.4, 0.5) is 0 Å². The standard InChI is InChI=1S/C14H13BrN2S/c15-11-5-3-6-12(8-11)18-9-10-4-1-2-7-13(10)14(16)17/h1-8H,9H2,(H3,16,17). The summed E-state index contributed by atoms with van der Waals surface area (Å²) in [5.41, 5.74) is 7.49. The number of nitrogens with one attached hydrogen (secondary N) is 1. The highest BCUT2D eigenvalue weighted by molar-refractivity contribution is 9.10. The average Bonchev–Trinajstić information content (AvgIpc) is 2.37. The Morgan fingerprint density at radius 3 is 2.67 bits per heavy atom. The second-order valence-corrected chi connectivity index (χ2v) is 5.78. The molecule has 0 amide bonds. The van der Waals surface area contributed by atoms with Crippen LogP contribution in [0, 0.1) is 5.41 Å². The zero-order valence-electron chi connectivity index (χ0n) is 9.69. The number of hydrogen-bond acceptors (Lipinski definition) is 2. The van der Waals surface area contributed by atoms with Gasteiger partial charge in [0.25, 0.3) is 0 Å². The van der Waals surface area contributed by atoms with Crippen LogP contribution < -0.4 is 5.73 Å². The zero-order chi connectivity index (χ0) is 13.0. The average molecular weight is 321 g/mol. The third-order valence-electron chi connectivity index (χ3n) is 2.50. The van der Waals surface area contributed by atoms with Gasteiger partial charge in [0.2, 0.25) is 0 Å². The first-order valence-electron chi connectivity index (χ1n) is 5.47. The number of amidine groups is 1. The van der Waals surface area contributed by atoms with Crippen LogP contribution in [0.3, 0.4) is 0 Å². The molecular formula is C14H13BrN2S. The monoisotopic (exact) mass is 320 g/mol. The maximum absolute atomic E-state index is 7.55. The lowest BCUT2D eigenvalue weighted by Crippen LogP contribution is -2.13. The van der Waals surface area contributed by atoms with E-state index >= 15 is 0 Å². The summed E-state index contributed by atoms with van der Waals surface area (Å²) in [4.78, 5) is 1.20. The van der Waals surface area contributed by atoms with E-state index in [1.165, 1.54) is 4.90 Å². The van der Waals surface area contributed by atoms with Crippen molar-refractivity contribution in [2.24, 2.45) is 5.73 Å². The normalized spacial score (nSPS) is 10.3. The van der Waals surface area contributed by atoms with Crippen molar-refractivity contribution in [3.05, 3.63) is 64.1 Å². The van der Waals surface area contributed by atoms with Crippen LogP contribution in [0.15, 0.2) is 57.9 Å². The molecule has 0 aromatic heterocycles. The molecule has 0 aliphatic rings. The van der Waals surface area contributed by atoms with E-state index in [2.05, 4.69) is 28.1 Å². The number of benzene rings is 2. The van der Waals surface area contributed by atoms with Crippen molar-refractivity contribution in [3.8, 4) is 0 Å². The Labute approximate surface area is 119 Å². The fourth-order valence-electron chi connectivity index (χ4n) is 1.63. The molecule has 2 aromatic rings. The highest BCUT2D eigenvalue weighted by atomic mass is 79.9. The third kappa shape index (κ3) is 3.37. The number of nitrogen functional groups attached to an aromatic ring is 1. The number of thioether (sulfide) groups is 1. The molecule has 18 heavy (non-hydrogen) atoms. The fourth-order valence-corrected chi connectivity index (χ4v) is 3.14. The molecule has 0 atom stereocenters. The lowest BCUT2D eigenvalue weighted by Gasteiger charge is -2.07. The Morgan fingerprint density at radius 2 is 1.94 bits per heavy atom. The second kappa shape index (κ2) is 6.07. The lowest BCUT2D eigenvalue weighted by atomic mass is 10.1. The van der Waals surface area contributed by atoms with Crippen molar-refractivity contribution in [1.82, 2.24) is 0 Å². The van der Waals surface area contributed by atoms with Crippen LogP contribution in [-0.4, -0.2) is 5.84 Å². The zero-order valence-corrected chi connectivity index (χ0v) is 12.1. The largest absolute Gasteiger partial charge is 0.384 e. The Morgan fingerprint density at radius 1 is 1.17 bits per heavy atom. The Balaban J connectivity index is 2.13. The van der Waals surface area contributed by atoms with Gasteiger partial charge < -0.3 is 5.73 Å².